The topological polar surface area (TPSA) is 101 Å². The molecule has 0 radical (unpaired) electrons. The summed E-state index contributed by atoms with van der Waals surface area (Å²) in [6.07, 6.45) is 1.25. The van der Waals surface area contributed by atoms with E-state index < -0.39 is 15.6 Å². The predicted octanol–water partition coefficient (Wildman–Crippen LogP) is 2.10. The van der Waals surface area contributed by atoms with Crippen molar-refractivity contribution in [1.82, 2.24) is 9.97 Å². The lowest BCUT2D eigenvalue weighted by molar-refractivity contribution is 0.417. The zero-order valence-corrected chi connectivity index (χ0v) is 13.9. The Morgan fingerprint density at radius 2 is 2.04 bits per heavy atom. The van der Waals surface area contributed by atoms with Gasteiger partial charge in [0.25, 0.3) is 15.6 Å². The van der Waals surface area contributed by atoms with Gasteiger partial charge in [0.05, 0.1) is 24.5 Å². The third-order valence-corrected chi connectivity index (χ3v) is 5.91. The van der Waals surface area contributed by atoms with Crippen molar-refractivity contribution in [2.75, 3.05) is 11.8 Å². The highest BCUT2D eigenvalue weighted by molar-refractivity contribution is 7.93. The Morgan fingerprint density at radius 1 is 1.30 bits per heavy atom. The zero-order valence-electron chi connectivity index (χ0n) is 12.3. The van der Waals surface area contributed by atoms with Crippen LogP contribution in [-0.4, -0.2) is 25.5 Å². The average Bonchev–Trinajstić information content (AvgIpc) is 2.85. The quantitative estimate of drug-likeness (QED) is 0.749. The van der Waals surface area contributed by atoms with Gasteiger partial charge in [-0.1, -0.05) is 12.1 Å². The molecule has 0 spiro atoms. The second kappa shape index (κ2) is 5.67. The van der Waals surface area contributed by atoms with Crippen molar-refractivity contribution in [2.24, 2.45) is 0 Å². The molecule has 3 rings (SSSR count). The van der Waals surface area contributed by atoms with Crippen LogP contribution in [0, 0.1) is 6.92 Å². The standard InChI is InChI=1S/C14H13N3O4S2/c1-8-12(11-13(18)15-7-16-14(11)22-8)23(19,20)17-9-5-3-4-6-10(9)21-2/h3-7,17H,1-2H3,(H,15,16,18). The van der Waals surface area contributed by atoms with E-state index in [4.69, 9.17) is 4.74 Å². The number of benzene rings is 1. The number of anilines is 1. The first-order chi connectivity index (χ1) is 10.9. The summed E-state index contributed by atoms with van der Waals surface area (Å²) in [6.45, 7) is 1.64. The summed E-state index contributed by atoms with van der Waals surface area (Å²) in [7, 11) is -2.51. The fourth-order valence-electron chi connectivity index (χ4n) is 2.28. The van der Waals surface area contributed by atoms with Gasteiger partial charge >= 0.3 is 0 Å². The van der Waals surface area contributed by atoms with Gasteiger partial charge in [-0.15, -0.1) is 11.3 Å². The van der Waals surface area contributed by atoms with E-state index in [1.165, 1.54) is 13.4 Å². The molecule has 23 heavy (non-hydrogen) atoms. The van der Waals surface area contributed by atoms with Crippen LogP contribution in [0.4, 0.5) is 5.69 Å². The highest BCUT2D eigenvalue weighted by atomic mass is 32.2. The van der Waals surface area contributed by atoms with E-state index in [2.05, 4.69) is 14.7 Å². The van der Waals surface area contributed by atoms with Gasteiger partial charge in [0.1, 0.15) is 15.5 Å². The van der Waals surface area contributed by atoms with Crippen LogP contribution in [0.5, 0.6) is 5.75 Å². The molecule has 0 aliphatic carbocycles. The molecule has 0 unspecified atom stereocenters. The Kier molecular flexibility index (Phi) is 3.82. The molecule has 0 bridgehead atoms. The normalized spacial score (nSPS) is 11.6. The van der Waals surface area contributed by atoms with Crippen LogP contribution in [0.15, 0.2) is 40.3 Å². The second-order valence-electron chi connectivity index (χ2n) is 4.70. The van der Waals surface area contributed by atoms with Gasteiger partial charge in [-0.25, -0.2) is 13.4 Å². The number of rotatable bonds is 4. The minimum Gasteiger partial charge on any atom is -0.495 e. The van der Waals surface area contributed by atoms with Crippen molar-refractivity contribution >= 4 is 37.3 Å². The number of hydrogen-bond acceptors (Lipinski definition) is 6. The smallest absolute Gasteiger partial charge is 0.264 e. The number of aromatic nitrogens is 2. The van der Waals surface area contributed by atoms with E-state index in [1.54, 1.807) is 31.2 Å². The molecule has 0 atom stereocenters. The zero-order chi connectivity index (χ0) is 16.6. The fraction of sp³-hybridized carbons (Fsp3) is 0.143. The largest absolute Gasteiger partial charge is 0.495 e. The monoisotopic (exact) mass is 351 g/mol. The molecule has 0 amide bonds. The summed E-state index contributed by atoms with van der Waals surface area (Å²) >= 11 is 1.16. The van der Waals surface area contributed by atoms with E-state index >= 15 is 0 Å². The molecule has 3 aromatic rings. The lowest BCUT2D eigenvalue weighted by atomic mass is 10.3. The minimum absolute atomic E-state index is 0.0576. The molecule has 1 aromatic carbocycles. The highest BCUT2D eigenvalue weighted by Gasteiger charge is 2.26. The van der Waals surface area contributed by atoms with Gasteiger partial charge in [-0.2, -0.15) is 0 Å². The summed E-state index contributed by atoms with van der Waals surface area (Å²) in [4.78, 5) is 19.3. The molecule has 2 N–H and O–H groups in total. The molecular weight excluding hydrogens is 338 g/mol. The van der Waals surface area contributed by atoms with Gasteiger partial charge < -0.3 is 9.72 Å². The Labute approximate surface area is 136 Å². The maximum Gasteiger partial charge on any atom is 0.264 e. The number of fused-ring (bicyclic) bond motifs is 1. The number of methoxy groups -OCH3 is 1. The molecular formula is C14H13N3O4S2. The van der Waals surface area contributed by atoms with Crippen LogP contribution < -0.4 is 15.0 Å². The van der Waals surface area contributed by atoms with Gasteiger partial charge in [0.2, 0.25) is 0 Å². The summed E-state index contributed by atoms with van der Waals surface area (Å²) in [5.74, 6) is 0.389. The van der Waals surface area contributed by atoms with Crippen LogP contribution in [-0.2, 0) is 10.0 Å². The van der Waals surface area contributed by atoms with Crippen LogP contribution in [0.25, 0.3) is 10.2 Å². The summed E-state index contributed by atoms with van der Waals surface area (Å²) < 4.78 is 33.2. The second-order valence-corrected chi connectivity index (χ2v) is 7.53. The van der Waals surface area contributed by atoms with Crippen LogP contribution in [0.1, 0.15) is 4.88 Å². The number of nitrogens with zero attached hydrogens (tertiary/aromatic N) is 1. The third-order valence-electron chi connectivity index (χ3n) is 3.23. The number of para-hydroxylation sites is 2. The number of H-pyrrole nitrogens is 1. The van der Waals surface area contributed by atoms with Crippen molar-refractivity contribution in [3.05, 3.63) is 45.8 Å². The Balaban J connectivity index is 2.18. The van der Waals surface area contributed by atoms with Crippen molar-refractivity contribution < 1.29 is 13.2 Å². The highest BCUT2D eigenvalue weighted by Crippen LogP contribution is 2.33. The minimum atomic E-state index is -3.96. The number of thiophene rings is 1. The van der Waals surface area contributed by atoms with E-state index in [0.29, 0.717) is 21.1 Å². The molecule has 7 nitrogen and oxygen atoms in total. The van der Waals surface area contributed by atoms with E-state index in [9.17, 15) is 13.2 Å². The maximum absolute atomic E-state index is 12.8. The molecule has 9 heteroatoms. The average molecular weight is 351 g/mol. The van der Waals surface area contributed by atoms with E-state index in [1.807, 2.05) is 0 Å². The number of aromatic amines is 1. The first-order valence-corrected chi connectivity index (χ1v) is 8.86. The fourth-order valence-corrected chi connectivity index (χ4v) is 5.08. The summed E-state index contributed by atoms with van der Waals surface area (Å²) in [5.41, 5.74) is -0.186. The maximum atomic E-state index is 12.8. The van der Waals surface area contributed by atoms with E-state index in [0.717, 1.165) is 11.3 Å². The first kappa shape index (κ1) is 15.5. The molecule has 0 aliphatic rings. The number of nitrogens with one attached hydrogen (secondary N) is 2. The number of aryl methyl sites for hydroxylation is 1. The number of sulfonamides is 1. The molecule has 0 fully saturated rings. The lowest BCUT2D eigenvalue weighted by Gasteiger charge is -2.11. The first-order valence-electron chi connectivity index (χ1n) is 6.56. The lowest BCUT2D eigenvalue weighted by Crippen LogP contribution is -2.17. The molecule has 0 saturated heterocycles. The van der Waals surface area contributed by atoms with Gasteiger partial charge in [0.15, 0.2) is 0 Å². The predicted molar refractivity (Wildman–Crippen MR) is 88.8 cm³/mol. The molecule has 2 aromatic heterocycles. The van der Waals surface area contributed by atoms with Crippen molar-refractivity contribution in [1.29, 1.82) is 0 Å². The molecule has 0 saturated carbocycles. The van der Waals surface area contributed by atoms with Crippen LogP contribution >= 0.6 is 11.3 Å². The number of hydrogen-bond donors (Lipinski definition) is 2. The number of ether oxygens (including phenoxy) is 1. The van der Waals surface area contributed by atoms with Gasteiger partial charge in [0, 0.05) is 4.88 Å². The third kappa shape index (κ3) is 2.68. The Hall–Kier alpha value is -2.39. The van der Waals surface area contributed by atoms with Crippen LogP contribution in [0.3, 0.4) is 0 Å². The Bertz CT molecular complexity index is 1040. The SMILES string of the molecule is COc1ccccc1NS(=O)(=O)c1c(C)sc2nc[nH]c(=O)c12. The van der Waals surface area contributed by atoms with Gasteiger partial charge in [-0.3, -0.25) is 9.52 Å². The van der Waals surface area contributed by atoms with Crippen molar-refractivity contribution in [3.8, 4) is 5.75 Å². The molecule has 120 valence electrons. The summed E-state index contributed by atoms with van der Waals surface area (Å²) in [6, 6.07) is 6.65. The van der Waals surface area contributed by atoms with Crippen molar-refractivity contribution in [2.45, 2.75) is 11.8 Å². The molecule has 2 heterocycles. The van der Waals surface area contributed by atoms with Crippen LogP contribution in [0.2, 0.25) is 0 Å². The van der Waals surface area contributed by atoms with Gasteiger partial charge in [-0.05, 0) is 19.1 Å². The van der Waals surface area contributed by atoms with E-state index in [-0.39, 0.29) is 10.3 Å². The summed E-state index contributed by atoms with van der Waals surface area (Å²) in [5, 5.41) is 0.0670. The van der Waals surface area contributed by atoms with Crippen molar-refractivity contribution in [3.63, 3.8) is 0 Å². The molecule has 0 aliphatic heterocycles. The Morgan fingerprint density at radius 3 is 2.78 bits per heavy atom.